The Morgan fingerprint density at radius 1 is 1.52 bits per heavy atom. The third-order valence-corrected chi connectivity index (χ3v) is 4.77. The third-order valence-electron chi connectivity index (χ3n) is 3.10. The Morgan fingerprint density at radius 3 is 2.90 bits per heavy atom. The van der Waals surface area contributed by atoms with Crippen LogP contribution in [0.1, 0.15) is 22.2 Å². The minimum Gasteiger partial charge on any atom is -0.382 e. The Hall–Kier alpha value is -1.60. The van der Waals surface area contributed by atoms with E-state index in [0.29, 0.717) is 4.88 Å². The van der Waals surface area contributed by atoms with Crippen molar-refractivity contribution < 1.29 is 4.79 Å². The molecule has 0 saturated carbocycles. The molecule has 21 heavy (non-hydrogen) atoms. The van der Waals surface area contributed by atoms with Crippen LogP contribution in [0.2, 0.25) is 0 Å². The van der Waals surface area contributed by atoms with E-state index >= 15 is 0 Å². The lowest BCUT2D eigenvalue weighted by Crippen LogP contribution is -2.15. The van der Waals surface area contributed by atoms with Crippen LogP contribution in [-0.4, -0.2) is 24.5 Å². The van der Waals surface area contributed by atoms with Crippen LogP contribution in [0.25, 0.3) is 0 Å². The van der Waals surface area contributed by atoms with Gasteiger partial charge < -0.3 is 16.0 Å². The first-order valence-electron chi connectivity index (χ1n) is 6.47. The summed E-state index contributed by atoms with van der Waals surface area (Å²) in [5.41, 5.74) is 7.60. The zero-order valence-electron chi connectivity index (χ0n) is 12.1. The number of nitrogens with one attached hydrogen (secondary N) is 1. The van der Waals surface area contributed by atoms with Crippen LogP contribution in [0.15, 0.2) is 22.7 Å². The summed E-state index contributed by atoms with van der Waals surface area (Å²) in [7, 11) is 1.92. The Kier molecular flexibility index (Phi) is 4.84. The fraction of sp³-hybridized carbons (Fsp3) is 0.286. The highest BCUT2D eigenvalue weighted by atomic mass is 79.9. The predicted molar refractivity (Wildman–Crippen MR) is 92.3 cm³/mol. The second-order valence-electron chi connectivity index (χ2n) is 4.64. The molecule has 112 valence electrons. The van der Waals surface area contributed by atoms with Gasteiger partial charge in [0.25, 0.3) is 5.91 Å². The molecule has 1 aromatic heterocycles. The van der Waals surface area contributed by atoms with Gasteiger partial charge in [-0.25, -0.2) is 4.98 Å². The summed E-state index contributed by atoms with van der Waals surface area (Å²) in [6.45, 7) is 4.76. The summed E-state index contributed by atoms with van der Waals surface area (Å²) in [5.74, 6) is 0.0300. The van der Waals surface area contributed by atoms with Gasteiger partial charge in [-0.05, 0) is 31.5 Å². The predicted octanol–water partition coefficient (Wildman–Crippen LogP) is 3.50. The number of carbonyl (C=O) groups excluding carboxylic acids is 1. The lowest BCUT2D eigenvalue weighted by atomic mass is 10.2. The number of anilines is 3. The second kappa shape index (κ2) is 6.44. The van der Waals surface area contributed by atoms with E-state index in [1.807, 2.05) is 44.0 Å². The maximum atomic E-state index is 12.4. The monoisotopic (exact) mass is 368 g/mol. The van der Waals surface area contributed by atoms with Gasteiger partial charge in [0.05, 0.1) is 0 Å². The SMILES string of the molecule is CCN(C)c1nc(N)c(C(=O)Nc2cc(Br)ccc2C)s1. The molecule has 2 aromatic rings. The smallest absolute Gasteiger partial charge is 0.269 e. The van der Waals surface area contributed by atoms with Crippen molar-refractivity contribution in [2.45, 2.75) is 13.8 Å². The van der Waals surface area contributed by atoms with Gasteiger partial charge in [0.1, 0.15) is 10.7 Å². The number of rotatable bonds is 4. The first kappa shape index (κ1) is 15.8. The Morgan fingerprint density at radius 2 is 2.24 bits per heavy atom. The summed E-state index contributed by atoms with van der Waals surface area (Å²) in [4.78, 5) is 19.0. The summed E-state index contributed by atoms with van der Waals surface area (Å²) < 4.78 is 0.909. The maximum absolute atomic E-state index is 12.4. The van der Waals surface area contributed by atoms with Crippen molar-refractivity contribution in [2.75, 3.05) is 29.5 Å². The summed E-state index contributed by atoms with van der Waals surface area (Å²) in [6.07, 6.45) is 0. The van der Waals surface area contributed by atoms with Crippen molar-refractivity contribution in [1.29, 1.82) is 0 Å². The Bertz CT molecular complexity index is 671. The van der Waals surface area contributed by atoms with Crippen molar-refractivity contribution in [2.24, 2.45) is 0 Å². The van der Waals surface area contributed by atoms with E-state index in [1.165, 1.54) is 11.3 Å². The van der Waals surface area contributed by atoms with Gasteiger partial charge in [0.15, 0.2) is 5.13 Å². The highest BCUT2D eigenvalue weighted by Crippen LogP contribution is 2.29. The molecule has 0 bridgehead atoms. The normalized spacial score (nSPS) is 10.5. The van der Waals surface area contributed by atoms with E-state index < -0.39 is 0 Å². The molecule has 3 N–H and O–H groups in total. The molecule has 0 atom stereocenters. The number of hydrogen-bond acceptors (Lipinski definition) is 5. The van der Waals surface area contributed by atoms with E-state index in [0.717, 1.165) is 27.4 Å². The number of hydrogen-bond donors (Lipinski definition) is 2. The fourth-order valence-corrected chi connectivity index (χ4v) is 2.96. The quantitative estimate of drug-likeness (QED) is 0.865. The summed E-state index contributed by atoms with van der Waals surface area (Å²) in [6, 6.07) is 5.73. The molecule has 0 aliphatic rings. The van der Waals surface area contributed by atoms with Crippen LogP contribution in [0.3, 0.4) is 0 Å². The van der Waals surface area contributed by atoms with Crippen molar-refractivity contribution in [3.05, 3.63) is 33.1 Å². The number of amides is 1. The molecular formula is C14H17BrN4OS. The molecule has 0 unspecified atom stereocenters. The van der Waals surface area contributed by atoms with Gasteiger partial charge >= 0.3 is 0 Å². The first-order chi connectivity index (χ1) is 9.92. The average molecular weight is 369 g/mol. The van der Waals surface area contributed by atoms with E-state index in [1.54, 1.807) is 0 Å². The average Bonchev–Trinajstić information content (AvgIpc) is 2.84. The van der Waals surface area contributed by atoms with Crippen molar-refractivity contribution in [1.82, 2.24) is 4.98 Å². The number of carbonyl (C=O) groups is 1. The Labute approximate surface area is 136 Å². The minimum absolute atomic E-state index is 0.234. The highest BCUT2D eigenvalue weighted by molar-refractivity contribution is 9.10. The number of halogens is 1. The van der Waals surface area contributed by atoms with Crippen LogP contribution in [-0.2, 0) is 0 Å². The second-order valence-corrected chi connectivity index (χ2v) is 6.53. The zero-order valence-corrected chi connectivity index (χ0v) is 14.5. The molecule has 0 radical (unpaired) electrons. The Balaban J connectivity index is 2.24. The van der Waals surface area contributed by atoms with Crippen molar-refractivity contribution >= 4 is 49.8 Å². The summed E-state index contributed by atoms with van der Waals surface area (Å²) in [5, 5.41) is 3.62. The third kappa shape index (κ3) is 3.54. The van der Waals surface area contributed by atoms with Crippen LogP contribution in [0.5, 0.6) is 0 Å². The van der Waals surface area contributed by atoms with Crippen molar-refractivity contribution in [3.8, 4) is 0 Å². The number of nitrogens with zero attached hydrogens (tertiary/aromatic N) is 2. The summed E-state index contributed by atoms with van der Waals surface area (Å²) >= 11 is 4.69. The molecule has 2 rings (SSSR count). The van der Waals surface area contributed by atoms with Crippen LogP contribution in [0, 0.1) is 6.92 Å². The zero-order chi connectivity index (χ0) is 15.6. The molecule has 0 spiro atoms. The maximum Gasteiger partial charge on any atom is 0.269 e. The van der Waals surface area contributed by atoms with E-state index in [-0.39, 0.29) is 11.7 Å². The fourth-order valence-electron chi connectivity index (χ4n) is 1.69. The van der Waals surface area contributed by atoms with Gasteiger partial charge in [-0.15, -0.1) is 0 Å². The molecule has 0 aliphatic carbocycles. The van der Waals surface area contributed by atoms with Crippen LogP contribution in [0.4, 0.5) is 16.6 Å². The molecule has 0 fully saturated rings. The van der Waals surface area contributed by atoms with Gasteiger partial charge in [-0.1, -0.05) is 33.3 Å². The molecular weight excluding hydrogens is 352 g/mol. The lowest BCUT2D eigenvalue weighted by molar-refractivity contribution is 0.103. The van der Waals surface area contributed by atoms with E-state index in [4.69, 9.17) is 5.73 Å². The van der Waals surface area contributed by atoms with Gasteiger partial charge in [-0.3, -0.25) is 4.79 Å². The molecule has 0 aliphatic heterocycles. The standard InChI is InChI=1S/C14H17BrN4OS/c1-4-19(3)14-18-12(16)11(21-14)13(20)17-10-7-9(15)6-5-8(10)2/h5-7H,4,16H2,1-3H3,(H,17,20). The van der Waals surface area contributed by atoms with Crippen LogP contribution >= 0.6 is 27.3 Å². The minimum atomic E-state index is -0.234. The molecule has 7 heteroatoms. The number of nitrogen functional groups attached to an aromatic ring is 1. The molecule has 0 saturated heterocycles. The first-order valence-corrected chi connectivity index (χ1v) is 8.08. The molecule has 5 nitrogen and oxygen atoms in total. The van der Waals surface area contributed by atoms with Gasteiger partial charge in [0, 0.05) is 23.8 Å². The molecule has 1 aromatic carbocycles. The number of benzene rings is 1. The number of aryl methyl sites for hydroxylation is 1. The van der Waals surface area contributed by atoms with E-state index in [2.05, 4.69) is 26.2 Å². The number of aromatic nitrogens is 1. The van der Waals surface area contributed by atoms with Crippen LogP contribution < -0.4 is 16.0 Å². The highest BCUT2D eigenvalue weighted by Gasteiger charge is 2.18. The number of thiazole rings is 1. The lowest BCUT2D eigenvalue weighted by Gasteiger charge is -2.11. The van der Waals surface area contributed by atoms with Gasteiger partial charge in [-0.2, -0.15) is 0 Å². The molecule has 1 amide bonds. The van der Waals surface area contributed by atoms with E-state index in [9.17, 15) is 4.79 Å². The number of nitrogens with two attached hydrogens (primary N) is 1. The molecule has 1 heterocycles. The van der Waals surface area contributed by atoms with Crippen molar-refractivity contribution in [3.63, 3.8) is 0 Å². The van der Waals surface area contributed by atoms with Gasteiger partial charge in [0.2, 0.25) is 0 Å². The largest absolute Gasteiger partial charge is 0.382 e. The topological polar surface area (TPSA) is 71.2 Å².